The third-order valence-electron chi connectivity index (χ3n) is 4.78. The van der Waals surface area contributed by atoms with Crippen LogP contribution in [0.1, 0.15) is 40.5 Å². The molecule has 1 aliphatic rings. The molecular formula is C21H19FN4O2S. The molecule has 0 saturated heterocycles. The molecule has 1 heterocycles. The van der Waals surface area contributed by atoms with E-state index in [2.05, 4.69) is 14.9 Å². The molecule has 0 aliphatic heterocycles. The summed E-state index contributed by atoms with van der Waals surface area (Å²) in [7, 11) is 0. The van der Waals surface area contributed by atoms with Gasteiger partial charge in [-0.25, -0.2) is 4.39 Å². The normalized spacial score (nSPS) is 14.2. The minimum atomic E-state index is -0.779. The van der Waals surface area contributed by atoms with Crippen molar-refractivity contribution in [3.8, 4) is 0 Å². The highest BCUT2D eigenvalue weighted by Gasteiger charge is 2.42. The second-order valence-corrected chi connectivity index (χ2v) is 7.50. The van der Waals surface area contributed by atoms with Crippen molar-refractivity contribution in [3.63, 3.8) is 0 Å². The molecule has 0 radical (unpaired) electrons. The lowest BCUT2D eigenvalue weighted by molar-refractivity contribution is -0.126. The molecule has 1 atom stereocenters. The smallest absolute Gasteiger partial charge is 0.276 e. The van der Waals surface area contributed by atoms with Crippen molar-refractivity contribution in [1.29, 1.82) is 0 Å². The zero-order valence-corrected chi connectivity index (χ0v) is 16.3. The van der Waals surface area contributed by atoms with Gasteiger partial charge in [0.2, 0.25) is 5.91 Å². The van der Waals surface area contributed by atoms with Crippen molar-refractivity contribution in [2.45, 2.75) is 31.5 Å². The van der Waals surface area contributed by atoms with Crippen LogP contribution in [0.3, 0.4) is 0 Å². The third-order valence-corrected chi connectivity index (χ3v) is 5.28. The number of hydrogen-bond donors (Lipinski definition) is 1. The van der Waals surface area contributed by atoms with Crippen LogP contribution >= 0.6 is 11.5 Å². The van der Waals surface area contributed by atoms with Crippen LogP contribution in [0.25, 0.3) is 0 Å². The highest BCUT2D eigenvalue weighted by atomic mass is 32.1. The number of carbonyl (C=O) groups is 2. The maximum absolute atomic E-state index is 13.2. The fourth-order valence-corrected chi connectivity index (χ4v) is 3.63. The first-order valence-electron chi connectivity index (χ1n) is 9.30. The Labute approximate surface area is 171 Å². The second-order valence-electron chi connectivity index (χ2n) is 6.89. The first-order valence-corrected chi connectivity index (χ1v) is 10.1. The van der Waals surface area contributed by atoms with Crippen LogP contribution in [-0.4, -0.2) is 32.3 Å². The highest BCUT2D eigenvalue weighted by Crippen LogP contribution is 2.36. The molecule has 4 rings (SSSR count). The quantitative estimate of drug-likeness (QED) is 0.648. The van der Waals surface area contributed by atoms with Gasteiger partial charge in [-0.2, -0.15) is 0 Å². The van der Waals surface area contributed by atoms with Gasteiger partial charge in [0.25, 0.3) is 5.91 Å². The van der Waals surface area contributed by atoms with Gasteiger partial charge in [0.1, 0.15) is 11.9 Å². The molecule has 0 spiro atoms. The van der Waals surface area contributed by atoms with E-state index in [4.69, 9.17) is 0 Å². The third kappa shape index (κ3) is 4.48. The van der Waals surface area contributed by atoms with Gasteiger partial charge in [0, 0.05) is 18.0 Å². The summed E-state index contributed by atoms with van der Waals surface area (Å²) >= 11 is 1.10. The van der Waals surface area contributed by atoms with Crippen LogP contribution in [0.4, 0.5) is 4.39 Å². The summed E-state index contributed by atoms with van der Waals surface area (Å²) in [5, 5.41) is 8.38. The topological polar surface area (TPSA) is 75.2 Å². The summed E-state index contributed by atoms with van der Waals surface area (Å²) in [6, 6.07) is 14.4. The van der Waals surface area contributed by atoms with Gasteiger partial charge in [0.05, 0.1) is 0 Å². The molecule has 1 aliphatic carbocycles. The van der Waals surface area contributed by atoms with Gasteiger partial charge in [-0.05, 0) is 47.6 Å². The van der Waals surface area contributed by atoms with E-state index >= 15 is 0 Å². The van der Waals surface area contributed by atoms with E-state index in [9.17, 15) is 14.0 Å². The molecule has 29 heavy (non-hydrogen) atoms. The predicted octanol–water partition coefficient (Wildman–Crippen LogP) is 3.34. The van der Waals surface area contributed by atoms with Crippen molar-refractivity contribution in [1.82, 2.24) is 19.8 Å². The van der Waals surface area contributed by atoms with Crippen LogP contribution < -0.4 is 5.32 Å². The molecule has 3 aromatic rings. The number of hydrogen-bond acceptors (Lipinski definition) is 5. The van der Waals surface area contributed by atoms with Crippen molar-refractivity contribution < 1.29 is 14.0 Å². The first kappa shape index (κ1) is 19.2. The lowest BCUT2D eigenvalue weighted by atomic mass is 10.0. The van der Waals surface area contributed by atoms with E-state index in [1.165, 1.54) is 12.1 Å². The molecule has 1 N–H and O–H groups in total. The average molecular weight is 410 g/mol. The summed E-state index contributed by atoms with van der Waals surface area (Å²) in [6.45, 7) is 0.243. The van der Waals surface area contributed by atoms with Gasteiger partial charge in [-0.3, -0.25) is 9.59 Å². The van der Waals surface area contributed by atoms with Crippen LogP contribution in [0.15, 0.2) is 60.0 Å². The Kier molecular flexibility index (Phi) is 5.62. The van der Waals surface area contributed by atoms with Crippen LogP contribution in [0.5, 0.6) is 0 Å². The van der Waals surface area contributed by atoms with Crippen molar-refractivity contribution in [2.75, 3.05) is 0 Å². The van der Waals surface area contributed by atoms with Gasteiger partial charge < -0.3 is 10.2 Å². The van der Waals surface area contributed by atoms with Crippen molar-refractivity contribution in [3.05, 3.63) is 82.6 Å². The molecule has 1 aromatic heterocycles. The Morgan fingerprint density at radius 2 is 1.86 bits per heavy atom. The predicted molar refractivity (Wildman–Crippen MR) is 107 cm³/mol. The lowest BCUT2D eigenvalue weighted by Gasteiger charge is -2.31. The Bertz CT molecular complexity index is 976. The minimum Gasteiger partial charge on any atom is -0.350 e. The number of carbonyl (C=O) groups excluding carboxylic acids is 2. The lowest BCUT2D eigenvalue weighted by Crippen LogP contribution is -2.45. The van der Waals surface area contributed by atoms with Crippen LogP contribution in [0.2, 0.25) is 0 Å². The zero-order chi connectivity index (χ0) is 20.2. The molecule has 2 aromatic carbocycles. The molecule has 1 fully saturated rings. The Balaban J connectivity index is 1.61. The Hall–Kier alpha value is -3.13. The zero-order valence-electron chi connectivity index (χ0n) is 15.5. The number of halogens is 1. The van der Waals surface area contributed by atoms with Crippen LogP contribution in [-0.2, 0) is 11.3 Å². The number of aromatic nitrogens is 2. The summed E-state index contributed by atoms with van der Waals surface area (Å²) in [6.07, 6.45) is 1.69. The standard InChI is InChI=1S/C21H19FN4O2S/c22-16-8-6-14(7-9-16)12-23-20(27)19(15-4-2-1-3-5-15)26(17-10-11-17)21(28)18-13-29-25-24-18/h1-9,13,17,19H,10-12H2,(H,23,27)/t19-/m1/s1. The van der Waals surface area contributed by atoms with Crippen molar-refractivity contribution >= 4 is 23.3 Å². The molecule has 6 nitrogen and oxygen atoms in total. The Morgan fingerprint density at radius 3 is 2.48 bits per heavy atom. The minimum absolute atomic E-state index is 0.00835. The van der Waals surface area contributed by atoms with Gasteiger partial charge in [-0.15, -0.1) is 5.10 Å². The Morgan fingerprint density at radius 1 is 1.14 bits per heavy atom. The fourth-order valence-electron chi connectivity index (χ4n) is 3.20. The molecule has 148 valence electrons. The maximum Gasteiger partial charge on any atom is 0.276 e. The number of nitrogens with one attached hydrogen (secondary N) is 1. The van der Waals surface area contributed by atoms with E-state index in [1.807, 2.05) is 30.3 Å². The molecule has 0 unspecified atom stereocenters. The van der Waals surface area contributed by atoms with E-state index in [0.717, 1.165) is 35.5 Å². The summed E-state index contributed by atoms with van der Waals surface area (Å²) < 4.78 is 16.9. The molecule has 1 saturated carbocycles. The maximum atomic E-state index is 13.2. The molecule has 0 bridgehead atoms. The highest BCUT2D eigenvalue weighted by molar-refractivity contribution is 7.03. The second kappa shape index (κ2) is 8.48. The summed E-state index contributed by atoms with van der Waals surface area (Å²) in [5.41, 5.74) is 1.75. The van der Waals surface area contributed by atoms with Crippen LogP contribution in [0, 0.1) is 5.82 Å². The van der Waals surface area contributed by atoms with Gasteiger partial charge in [-0.1, -0.05) is 47.0 Å². The van der Waals surface area contributed by atoms with Gasteiger partial charge in [0.15, 0.2) is 5.69 Å². The van der Waals surface area contributed by atoms with Crippen molar-refractivity contribution in [2.24, 2.45) is 0 Å². The summed E-state index contributed by atoms with van der Waals surface area (Å²) in [4.78, 5) is 28.0. The molecular weight excluding hydrogens is 391 g/mol. The monoisotopic (exact) mass is 410 g/mol. The molecule has 2 amide bonds. The number of benzene rings is 2. The summed E-state index contributed by atoms with van der Waals surface area (Å²) in [5.74, 6) is -0.916. The van der Waals surface area contributed by atoms with E-state index < -0.39 is 6.04 Å². The van der Waals surface area contributed by atoms with Gasteiger partial charge >= 0.3 is 0 Å². The number of nitrogens with zero attached hydrogens (tertiary/aromatic N) is 3. The molecule has 8 heteroatoms. The number of rotatable bonds is 7. The average Bonchev–Trinajstić information content (AvgIpc) is 3.43. The largest absolute Gasteiger partial charge is 0.350 e. The SMILES string of the molecule is O=C(NCc1ccc(F)cc1)[C@@H](c1ccccc1)N(C(=O)c1csnn1)C1CC1. The van der Waals surface area contributed by atoms with E-state index in [1.54, 1.807) is 22.4 Å². The van der Waals surface area contributed by atoms with E-state index in [-0.39, 0.29) is 35.9 Å². The number of amides is 2. The fraction of sp³-hybridized carbons (Fsp3) is 0.238. The van der Waals surface area contributed by atoms with E-state index in [0.29, 0.717) is 0 Å². The first-order chi connectivity index (χ1) is 14.1.